The largest absolute Gasteiger partial charge is 0.381 e. The molecule has 2 heterocycles. The normalized spacial score (nSPS) is 17.4. The van der Waals surface area contributed by atoms with E-state index in [9.17, 15) is 4.79 Å². The Bertz CT molecular complexity index is 589. The number of hydrogen-bond acceptors (Lipinski definition) is 3. The summed E-state index contributed by atoms with van der Waals surface area (Å²) in [6.45, 7) is 2.73. The van der Waals surface area contributed by atoms with Crippen LogP contribution in [0.5, 0.6) is 0 Å². The topological polar surface area (TPSA) is 79.0 Å². The molecule has 0 radical (unpaired) electrons. The van der Waals surface area contributed by atoms with Gasteiger partial charge in [0.15, 0.2) is 0 Å². The van der Waals surface area contributed by atoms with Gasteiger partial charge < -0.3 is 15.4 Å². The van der Waals surface area contributed by atoms with Crippen molar-refractivity contribution in [2.75, 3.05) is 19.8 Å². The number of hydrogen-bond donors (Lipinski definition) is 3. The highest BCUT2D eigenvalue weighted by Crippen LogP contribution is 2.16. The third-order valence-corrected chi connectivity index (χ3v) is 3.79. The van der Waals surface area contributed by atoms with E-state index < -0.39 is 0 Å². The number of aromatic amines is 1. The summed E-state index contributed by atoms with van der Waals surface area (Å²) < 4.78 is 5.28. The highest BCUT2D eigenvalue weighted by molar-refractivity contribution is 5.73. The standard InChI is InChI=1S/C16H20N4O2/c21-16(18-10-13-6-8-22-11-13)17-9-12-1-3-14(4-2-12)15-5-7-19-20-15/h1-5,7,13H,6,8-11H2,(H,19,20)(H2,17,18,21)/t13-/m1/s1. The van der Waals surface area contributed by atoms with Crippen LogP contribution in [0.3, 0.4) is 0 Å². The Morgan fingerprint density at radius 1 is 1.27 bits per heavy atom. The van der Waals surface area contributed by atoms with Gasteiger partial charge in [-0.25, -0.2) is 4.79 Å². The van der Waals surface area contributed by atoms with Crippen LogP contribution >= 0.6 is 0 Å². The van der Waals surface area contributed by atoms with Gasteiger partial charge in [0.25, 0.3) is 0 Å². The zero-order valence-corrected chi connectivity index (χ0v) is 12.3. The highest BCUT2D eigenvalue weighted by atomic mass is 16.5. The van der Waals surface area contributed by atoms with E-state index in [4.69, 9.17) is 4.74 Å². The van der Waals surface area contributed by atoms with Gasteiger partial charge in [-0.15, -0.1) is 0 Å². The Kier molecular flexibility index (Phi) is 4.70. The van der Waals surface area contributed by atoms with Crippen LogP contribution in [-0.2, 0) is 11.3 Å². The van der Waals surface area contributed by atoms with Crippen molar-refractivity contribution in [3.05, 3.63) is 42.1 Å². The van der Waals surface area contributed by atoms with Crippen molar-refractivity contribution < 1.29 is 9.53 Å². The third kappa shape index (κ3) is 3.85. The predicted octanol–water partition coefficient (Wildman–Crippen LogP) is 1.91. The quantitative estimate of drug-likeness (QED) is 0.789. The number of carbonyl (C=O) groups excluding carboxylic acids is 1. The van der Waals surface area contributed by atoms with Gasteiger partial charge in [-0.1, -0.05) is 24.3 Å². The molecule has 2 amide bonds. The van der Waals surface area contributed by atoms with Crippen molar-refractivity contribution in [1.29, 1.82) is 0 Å². The molecule has 0 bridgehead atoms. The first-order chi connectivity index (χ1) is 10.8. The summed E-state index contributed by atoms with van der Waals surface area (Å²) >= 11 is 0. The first kappa shape index (κ1) is 14.6. The van der Waals surface area contributed by atoms with Crippen molar-refractivity contribution in [2.24, 2.45) is 5.92 Å². The lowest BCUT2D eigenvalue weighted by Crippen LogP contribution is -2.38. The molecule has 0 aliphatic carbocycles. The molecule has 0 spiro atoms. The zero-order valence-electron chi connectivity index (χ0n) is 12.3. The lowest BCUT2D eigenvalue weighted by atomic mass is 10.1. The van der Waals surface area contributed by atoms with Gasteiger partial charge >= 0.3 is 6.03 Å². The molecule has 1 atom stereocenters. The number of amides is 2. The van der Waals surface area contributed by atoms with Crippen LogP contribution in [0.4, 0.5) is 4.79 Å². The summed E-state index contributed by atoms with van der Waals surface area (Å²) in [7, 11) is 0. The van der Waals surface area contributed by atoms with Gasteiger partial charge in [-0.05, 0) is 23.6 Å². The van der Waals surface area contributed by atoms with Crippen LogP contribution in [-0.4, -0.2) is 36.0 Å². The molecule has 6 heteroatoms. The van der Waals surface area contributed by atoms with Crippen LogP contribution in [0.25, 0.3) is 11.3 Å². The Morgan fingerprint density at radius 3 is 2.82 bits per heavy atom. The van der Waals surface area contributed by atoms with Crippen molar-refractivity contribution in [2.45, 2.75) is 13.0 Å². The molecule has 0 saturated carbocycles. The van der Waals surface area contributed by atoms with Crippen molar-refractivity contribution in [3.63, 3.8) is 0 Å². The van der Waals surface area contributed by atoms with Crippen molar-refractivity contribution in [3.8, 4) is 11.3 Å². The SMILES string of the molecule is O=C(NCc1ccc(-c2ccn[nH]2)cc1)NC[C@H]1CCOC1. The molecule has 1 fully saturated rings. The molecule has 2 aromatic rings. The van der Waals surface area contributed by atoms with E-state index >= 15 is 0 Å². The first-order valence-electron chi connectivity index (χ1n) is 7.49. The highest BCUT2D eigenvalue weighted by Gasteiger charge is 2.15. The van der Waals surface area contributed by atoms with Gasteiger partial charge in [0, 0.05) is 31.8 Å². The van der Waals surface area contributed by atoms with Crippen LogP contribution in [0.15, 0.2) is 36.5 Å². The first-order valence-corrected chi connectivity index (χ1v) is 7.49. The Morgan fingerprint density at radius 2 is 2.14 bits per heavy atom. The number of nitrogens with zero attached hydrogens (tertiary/aromatic N) is 1. The molecular formula is C16H20N4O2. The summed E-state index contributed by atoms with van der Waals surface area (Å²) in [6, 6.07) is 9.82. The van der Waals surface area contributed by atoms with Gasteiger partial charge in [0.05, 0.1) is 12.3 Å². The molecule has 3 N–H and O–H groups in total. The van der Waals surface area contributed by atoms with Crippen molar-refractivity contribution in [1.82, 2.24) is 20.8 Å². The number of urea groups is 1. The van der Waals surface area contributed by atoms with E-state index in [2.05, 4.69) is 20.8 Å². The van der Waals surface area contributed by atoms with Crippen LogP contribution in [0.1, 0.15) is 12.0 Å². The number of ether oxygens (including phenoxy) is 1. The summed E-state index contributed by atoms with van der Waals surface area (Å²) in [5.74, 6) is 0.444. The lowest BCUT2D eigenvalue weighted by Gasteiger charge is -2.11. The number of rotatable bonds is 5. The molecule has 1 saturated heterocycles. The van der Waals surface area contributed by atoms with E-state index in [0.29, 0.717) is 19.0 Å². The second-order valence-corrected chi connectivity index (χ2v) is 5.46. The van der Waals surface area contributed by atoms with Crippen molar-refractivity contribution >= 4 is 6.03 Å². The van der Waals surface area contributed by atoms with E-state index in [-0.39, 0.29) is 6.03 Å². The maximum atomic E-state index is 11.8. The average Bonchev–Trinajstić information content (AvgIpc) is 3.24. The summed E-state index contributed by atoms with van der Waals surface area (Å²) in [6.07, 6.45) is 2.75. The van der Waals surface area contributed by atoms with E-state index in [1.807, 2.05) is 30.3 Å². The smallest absolute Gasteiger partial charge is 0.315 e. The second-order valence-electron chi connectivity index (χ2n) is 5.46. The lowest BCUT2D eigenvalue weighted by molar-refractivity contribution is 0.185. The molecule has 22 heavy (non-hydrogen) atoms. The Balaban J connectivity index is 1.43. The Labute approximate surface area is 129 Å². The van der Waals surface area contributed by atoms with Gasteiger partial charge in [0.1, 0.15) is 0 Å². The molecule has 1 aliphatic rings. The fourth-order valence-electron chi connectivity index (χ4n) is 2.45. The number of nitrogens with one attached hydrogen (secondary N) is 3. The van der Waals surface area contributed by atoms with Gasteiger partial charge in [0.2, 0.25) is 0 Å². The molecule has 6 nitrogen and oxygen atoms in total. The minimum absolute atomic E-state index is 0.135. The molecular weight excluding hydrogens is 280 g/mol. The van der Waals surface area contributed by atoms with Crippen LogP contribution in [0.2, 0.25) is 0 Å². The number of H-pyrrole nitrogens is 1. The third-order valence-electron chi connectivity index (χ3n) is 3.79. The number of aromatic nitrogens is 2. The Hall–Kier alpha value is -2.34. The molecule has 3 rings (SSSR count). The second kappa shape index (κ2) is 7.09. The van der Waals surface area contributed by atoms with Gasteiger partial charge in [-0.3, -0.25) is 5.10 Å². The van der Waals surface area contributed by atoms with E-state index in [0.717, 1.165) is 36.5 Å². The van der Waals surface area contributed by atoms with Crippen LogP contribution in [0, 0.1) is 5.92 Å². The zero-order chi connectivity index (χ0) is 15.2. The predicted molar refractivity (Wildman–Crippen MR) is 83.2 cm³/mol. The molecule has 1 aliphatic heterocycles. The summed E-state index contributed by atoms with van der Waals surface area (Å²) in [4.78, 5) is 11.8. The monoisotopic (exact) mass is 300 g/mol. The molecule has 116 valence electrons. The minimum atomic E-state index is -0.135. The fourth-order valence-corrected chi connectivity index (χ4v) is 2.45. The summed E-state index contributed by atoms with van der Waals surface area (Å²) in [5, 5.41) is 12.6. The number of benzene rings is 1. The van der Waals surface area contributed by atoms with E-state index in [1.165, 1.54) is 0 Å². The molecule has 1 aromatic heterocycles. The fraction of sp³-hybridized carbons (Fsp3) is 0.375. The maximum absolute atomic E-state index is 11.8. The summed E-state index contributed by atoms with van der Waals surface area (Å²) in [5.41, 5.74) is 3.12. The minimum Gasteiger partial charge on any atom is -0.381 e. The molecule has 0 unspecified atom stereocenters. The average molecular weight is 300 g/mol. The van der Waals surface area contributed by atoms with E-state index in [1.54, 1.807) is 6.20 Å². The van der Waals surface area contributed by atoms with Gasteiger partial charge in [-0.2, -0.15) is 5.10 Å². The number of carbonyl (C=O) groups is 1. The maximum Gasteiger partial charge on any atom is 0.315 e. The molecule has 1 aromatic carbocycles. The van der Waals surface area contributed by atoms with Crippen LogP contribution < -0.4 is 10.6 Å².